The predicted octanol–water partition coefficient (Wildman–Crippen LogP) is 5.54. The third-order valence-electron chi connectivity index (χ3n) is 4.79. The summed E-state index contributed by atoms with van der Waals surface area (Å²) in [6, 6.07) is 12.2. The fraction of sp³-hybridized carbons (Fsp3) is 0.259. The van der Waals surface area contributed by atoms with Gasteiger partial charge in [-0.15, -0.1) is 0 Å². The van der Waals surface area contributed by atoms with Gasteiger partial charge in [0.2, 0.25) is 0 Å². The molecule has 0 aliphatic rings. The van der Waals surface area contributed by atoms with Crippen molar-refractivity contribution >= 4 is 28.7 Å². The molecular weight excluding hydrogens is 464 g/mol. The Balaban J connectivity index is 0.000000454. The van der Waals surface area contributed by atoms with Crippen molar-refractivity contribution in [3.8, 4) is 17.1 Å². The quantitative estimate of drug-likeness (QED) is 0.327. The number of anilines is 2. The van der Waals surface area contributed by atoms with Gasteiger partial charge < -0.3 is 15.4 Å². The number of aldehydes is 1. The van der Waals surface area contributed by atoms with Crippen LogP contribution in [0.3, 0.4) is 0 Å². The van der Waals surface area contributed by atoms with Gasteiger partial charge in [0.1, 0.15) is 18.2 Å². The monoisotopic (exact) mass is 493 g/mol. The number of benzene rings is 2. The first-order valence-electron chi connectivity index (χ1n) is 11.4. The number of hydrogen-bond donors (Lipinski definition) is 2. The number of rotatable bonds is 7. The molecule has 0 bridgehead atoms. The molecule has 0 saturated heterocycles. The fourth-order valence-corrected chi connectivity index (χ4v) is 3.29. The maximum absolute atomic E-state index is 13.6. The Morgan fingerprint density at radius 1 is 1.03 bits per heavy atom. The van der Waals surface area contributed by atoms with E-state index in [1.54, 1.807) is 36.7 Å². The first kappa shape index (κ1) is 26.6. The molecular formula is C27H29F2N5O2. The van der Waals surface area contributed by atoms with Crippen molar-refractivity contribution in [1.29, 1.82) is 0 Å². The lowest BCUT2D eigenvalue weighted by Crippen LogP contribution is -2.22. The number of nitrogens with zero attached hydrogens (tertiary/aromatic N) is 3. The Morgan fingerprint density at radius 3 is 2.44 bits per heavy atom. The van der Waals surface area contributed by atoms with Crippen molar-refractivity contribution in [2.24, 2.45) is 5.41 Å². The van der Waals surface area contributed by atoms with Crippen molar-refractivity contribution < 1.29 is 18.3 Å². The zero-order chi connectivity index (χ0) is 26.1. The summed E-state index contributed by atoms with van der Waals surface area (Å²) in [5, 5.41) is 6.70. The SMILES string of the molecule is CNCC(C)(C)C.O=CCOc1ccc2nc(-c3cccnc3)nc(Nc3ccc(F)c(F)c3)c2c1. The minimum absolute atomic E-state index is 0.0912. The van der Waals surface area contributed by atoms with E-state index >= 15 is 0 Å². The van der Waals surface area contributed by atoms with Crippen molar-refractivity contribution in [2.75, 3.05) is 25.5 Å². The molecule has 0 spiro atoms. The van der Waals surface area contributed by atoms with Crippen LogP contribution < -0.4 is 15.4 Å². The van der Waals surface area contributed by atoms with Gasteiger partial charge in [-0.1, -0.05) is 20.8 Å². The van der Waals surface area contributed by atoms with Crippen LogP contribution in [-0.2, 0) is 4.79 Å². The summed E-state index contributed by atoms with van der Waals surface area (Å²) in [4.78, 5) is 23.7. The number of carbonyl (C=O) groups is 1. The second-order valence-corrected chi connectivity index (χ2v) is 9.14. The van der Waals surface area contributed by atoms with Gasteiger partial charge in [0.15, 0.2) is 23.7 Å². The number of ether oxygens (including phenoxy) is 1. The van der Waals surface area contributed by atoms with Crippen molar-refractivity contribution in [3.05, 3.63) is 72.6 Å². The lowest BCUT2D eigenvalue weighted by molar-refractivity contribution is -0.109. The van der Waals surface area contributed by atoms with Gasteiger partial charge in [0, 0.05) is 35.1 Å². The fourth-order valence-electron chi connectivity index (χ4n) is 3.29. The number of carbonyl (C=O) groups excluding carboxylic acids is 1. The molecule has 2 aromatic heterocycles. The molecule has 2 aromatic carbocycles. The highest BCUT2D eigenvalue weighted by molar-refractivity contribution is 5.93. The van der Waals surface area contributed by atoms with Crippen LogP contribution in [0.1, 0.15) is 20.8 Å². The maximum atomic E-state index is 13.6. The lowest BCUT2D eigenvalue weighted by atomic mass is 9.97. The van der Waals surface area contributed by atoms with Gasteiger partial charge in [-0.3, -0.25) is 9.78 Å². The van der Waals surface area contributed by atoms with E-state index in [2.05, 4.69) is 46.4 Å². The molecule has 0 radical (unpaired) electrons. The number of halogens is 2. The summed E-state index contributed by atoms with van der Waals surface area (Å²) in [7, 11) is 1.98. The molecule has 2 N–H and O–H groups in total. The van der Waals surface area contributed by atoms with Crippen LogP contribution in [0.2, 0.25) is 0 Å². The van der Waals surface area contributed by atoms with E-state index in [1.165, 1.54) is 6.07 Å². The summed E-state index contributed by atoms with van der Waals surface area (Å²) in [6.45, 7) is 7.63. The molecule has 0 saturated carbocycles. The first-order chi connectivity index (χ1) is 17.2. The standard InChI is InChI=1S/C21H14F2N4O2.C6H15N/c22-17-5-3-14(10-18(17)23)25-21-16-11-15(29-9-8-28)4-6-19(16)26-20(27-21)13-2-1-7-24-12-13;1-6(2,3)5-7-4/h1-8,10-12H,9H2,(H,25,26,27);7H,5H2,1-4H3. The molecule has 2 heterocycles. The number of hydrogen-bond acceptors (Lipinski definition) is 7. The Kier molecular flexibility index (Phi) is 8.97. The van der Waals surface area contributed by atoms with Crippen molar-refractivity contribution in [1.82, 2.24) is 20.3 Å². The first-order valence-corrected chi connectivity index (χ1v) is 11.4. The molecule has 4 rings (SSSR count). The molecule has 0 aliphatic carbocycles. The van der Waals surface area contributed by atoms with Crippen LogP contribution in [0.4, 0.5) is 20.3 Å². The molecule has 4 aromatic rings. The molecule has 0 aliphatic heterocycles. The molecule has 0 fully saturated rings. The van der Waals surface area contributed by atoms with Crippen LogP contribution in [0, 0.1) is 17.0 Å². The van der Waals surface area contributed by atoms with E-state index in [-0.39, 0.29) is 6.61 Å². The van der Waals surface area contributed by atoms with Crippen LogP contribution >= 0.6 is 0 Å². The van der Waals surface area contributed by atoms with Gasteiger partial charge in [-0.05, 0) is 61.5 Å². The number of nitrogens with one attached hydrogen (secondary N) is 2. The number of pyridine rings is 1. The van der Waals surface area contributed by atoms with Crippen LogP contribution in [-0.4, -0.2) is 41.4 Å². The normalized spacial score (nSPS) is 10.9. The molecule has 0 amide bonds. The van der Waals surface area contributed by atoms with E-state index < -0.39 is 11.6 Å². The van der Waals surface area contributed by atoms with E-state index in [1.807, 2.05) is 13.1 Å². The predicted molar refractivity (Wildman–Crippen MR) is 137 cm³/mol. The van der Waals surface area contributed by atoms with E-state index in [0.29, 0.717) is 51.2 Å². The Hall–Kier alpha value is -3.98. The van der Waals surface area contributed by atoms with Gasteiger partial charge in [0.05, 0.1) is 5.52 Å². The van der Waals surface area contributed by atoms with Gasteiger partial charge >= 0.3 is 0 Å². The molecule has 7 nitrogen and oxygen atoms in total. The highest BCUT2D eigenvalue weighted by atomic mass is 19.2. The number of aromatic nitrogens is 3. The second kappa shape index (κ2) is 12.1. The zero-order valence-corrected chi connectivity index (χ0v) is 20.7. The topological polar surface area (TPSA) is 89.0 Å². The minimum Gasteiger partial charge on any atom is -0.486 e. The molecule has 0 atom stereocenters. The third-order valence-corrected chi connectivity index (χ3v) is 4.79. The Labute approximate surface area is 209 Å². The van der Waals surface area contributed by atoms with E-state index in [0.717, 1.165) is 18.7 Å². The summed E-state index contributed by atoms with van der Waals surface area (Å²) < 4.78 is 32.2. The smallest absolute Gasteiger partial charge is 0.163 e. The average molecular weight is 494 g/mol. The maximum Gasteiger partial charge on any atom is 0.163 e. The van der Waals surface area contributed by atoms with E-state index in [9.17, 15) is 13.6 Å². The third kappa shape index (κ3) is 7.51. The van der Waals surface area contributed by atoms with Crippen molar-refractivity contribution in [3.63, 3.8) is 0 Å². The lowest BCUT2D eigenvalue weighted by Gasteiger charge is -2.16. The Morgan fingerprint density at radius 2 is 1.83 bits per heavy atom. The summed E-state index contributed by atoms with van der Waals surface area (Å²) in [6.07, 6.45) is 3.92. The molecule has 0 unspecified atom stereocenters. The van der Waals surface area contributed by atoms with Crippen LogP contribution in [0.15, 0.2) is 60.9 Å². The van der Waals surface area contributed by atoms with Crippen LogP contribution in [0.5, 0.6) is 5.75 Å². The van der Waals surface area contributed by atoms with E-state index in [4.69, 9.17) is 4.74 Å². The van der Waals surface area contributed by atoms with Gasteiger partial charge in [-0.25, -0.2) is 18.7 Å². The minimum atomic E-state index is -0.976. The highest BCUT2D eigenvalue weighted by Crippen LogP contribution is 2.30. The largest absolute Gasteiger partial charge is 0.486 e. The second-order valence-electron chi connectivity index (χ2n) is 9.14. The molecule has 36 heavy (non-hydrogen) atoms. The van der Waals surface area contributed by atoms with Crippen molar-refractivity contribution in [2.45, 2.75) is 20.8 Å². The average Bonchev–Trinajstić information content (AvgIpc) is 2.85. The molecule has 9 heteroatoms. The number of fused-ring (bicyclic) bond motifs is 1. The van der Waals surface area contributed by atoms with Gasteiger partial charge in [-0.2, -0.15) is 0 Å². The highest BCUT2D eigenvalue weighted by Gasteiger charge is 2.12. The van der Waals surface area contributed by atoms with Crippen LogP contribution in [0.25, 0.3) is 22.3 Å². The Bertz CT molecular complexity index is 1310. The molecule has 188 valence electrons. The summed E-state index contributed by atoms with van der Waals surface area (Å²) in [5.41, 5.74) is 2.06. The zero-order valence-electron chi connectivity index (χ0n) is 20.7. The summed E-state index contributed by atoms with van der Waals surface area (Å²) in [5.74, 6) is -0.677. The summed E-state index contributed by atoms with van der Waals surface area (Å²) >= 11 is 0. The van der Waals surface area contributed by atoms with Gasteiger partial charge in [0.25, 0.3) is 0 Å².